The molecule has 60 valence electrons. The van der Waals surface area contributed by atoms with Gasteiger partial charge in [0, 0.05) is 28.1 Å². The van der Waals surface area contributed by atoms with Gasteiger partial charge in [-0.15, -0.1) is 0 Å². The molecule has 0 aromatic carbocycles. The van der Waals surface area contributed by atoms with Crippen molar-refractivity contribution in [2.45, 2.75) is 19.8 Å². The average Bonchev–Trinajstić information content (AvgIpc) is 1.87. The molecule has 0 aliphatic rings. The topological polar surface area (TPSA) is 47.6 Å². The zero-order valence-corrected chi connectivity index (χ0v) is 6.72. The van der Waals surface area contributed by atoms with E-state index >= 15 is 0 Å². The first-order valence-electron chi connectivity index (χ1n) is 2.93. The van der Waals surface area contributed by atoms with Gasteiger partial charge in [0.25, 0.3) is 0 Å². The summed E-state index contributed by atoms with van der Waals surface area (Å²) in [6, 6.07) is 0. The van der Waals surface area contributed by atoms with Crippen molar-refractivity contribution in [2.24, 2.45) is 0 Å². The maximum Gasteiger partial charge on any atom is 0.247 e. The molecule has 1 N–H and O–H groups in total. The Bertz CT molecular complexity index is 120. The predicted octanol–water partition coefficient (Wildman–Crippen LogP) is 0.0890. The third-order valence-corrected chi connectivity index (χ3v) is 1.18. The van der Waals surface area contributed by atoms with E-state index in [1.165, 1.54) is 21.1 Å². The fourth-order valence-corrected chi connectivity index (χ4v) is 0.505. The molecule has 0 heterocycles. The molecule has 4 heteroatoms. The minimum Gasteiger partial charge on any atom is -0.336 e. The van der Waals surface area contributed by atoms with Gasteiger partial charge in [0.2, 0.25) is 11.8 Å². The second-order valence-corrected chi connectivity index (χ2v) is 2.04. The summed E-state index contributed by atoms with van der Waals surface area (Å²) >= 11 is 0. The number of amides is 1. The lowest BCUT2D eigenvalue weighted by atomic mass is 10.5. The second kappa shape index (κ2) is 3.53. The van der Waals surface area contributed by atoms with Crippen LogP contribution in [0.3, 0.4) is 0 Å². The van der Waals surface area contributed by atoms with E-state index in [1.807, 2.05) is 0 Å². The standard InChI is InChI=1S/C6H13NO3/c1-5(8)7-6(2,9-3)10-4/h1-4H3,(H,7,8). The van der Waals surface area contributed by atoms with Crippen LogP contribution in [0.5, 0.6) is 0 Å². The van der Waals surface area contributed by atoms with Gasteiger partial charge in [-0.1, -0.05) is 0 Å². The van der Waals surface area contributed by atoms with Crippen LogP contribution in [0.25, 0.3) is 0 Å². The maximum absolute atomic E-state index is 10.5. The van der Waals surface area contributed by atoms with E-state index in [1.54, 1.807) is 6.92 Å². The molecule has 0 rings (SSSR count). The van der Waals surface area contributed by atoms with Crippen molar-refractivity contribution in [3.05, 3.63) is 0 Å². The first kappa shape index (κ1) is 9.39. The van der Waals surface area contributed by atoms with Crippen molar-refractivity contribution in [1.82, 2.24) is 5.32 Å². The van der Waals surface area contributed by atoms with Crippen LogP contribution in [0.15, 0.2) is 0 Å². The summed E-state index contributed by atoms with van der Waals surface area (Å²) in [4.78, 5) is 10.5. The van der Waals surface area contributed by atoms with Crippen LogP contribution < -0.4 is 5.32 Å². The highest BCUT2D eigenvalue weighted by molar-refractivity contribution is 5.73. The number of rotatable bonds is 3. The fraction of sp³-hybridized carbons (Fsp3) is 0.833. The van der Waals surface area contributed by atoms with Crippen molar-refractivity contribution in [1.29, 1.82) is 0 Å². The predicted molar refractivity (Wildman–Crippen MR) is 36.2 cm³/mol. The SMILES string of the molecule is COC(C)(NC(C)=O)OC. The Morgan fingerprint density at radius 2 is 1.80 bits per heavy atom. The molecule has 4 nitrogen and oxygen atoms in total. The summed E-state index contributed by atoms with van der Waals surface area (Å²) in [7, 11) is 2.92. The highest BCUT2D eigenvalue weighted by Gasteiger charge is 2.22. The van der Waals surface area contributed by atoms with Crippen molar-refractivity contribution in [2.75, 3.05) is 14.2 Å². The highest BCUT2D eigenvalue weighted by Crippen LogP contribution is 2.03. The Morgan fingerprint density at radius 3 is 1.90 bits per heavy atom. The van der Waals surface area contributed by atoms with Crippen LogP contribution in [0, 0.1) is 0 Å². The van der Waals surface area contributed by atoms with E-state index in [-0.39, 0.29) is 5.91 Å². The number of ether oxygens (including phenoxy) is 2. The molecule has 0 aromatic rings. The lowest BCUT2D eigenvalue weighted by Crippen LogP contribution is -2.48. The van der Waals surface area contributed by atoms with E-state index in [4.69, 9.17) is 9.47 Å². The van der Waals surface area contributed by atoms with Gasteiger partial charge in [-0.05, 0) is 0 Å². The molecule has 0 aliphatic carbocycles. The van der Waals surface area contributed by atoms with Crippen LogP contribution in [-0.2, 0) is 14.3 Å². The Labute approximate surface area is 60.5 Å². The molecule has 0 radical (unpaired) electrons. The summed E-state index contributed by atoms with van der Waals surface area (Å²) < 4.78 is 9.69. The van der Waals surface area contributed by atoms with Gasteiger partial charge in [0.1, 0.15) is 0 Å². The lowest BCUT2D eigenvalue weighted by Gasteiger charge is -2.26. The molecular formula is C6H13NO3. The number of carbonyl (C=O) groups is 1. The normalized spacial score (nSPS) is 11.2. The minimum absolute atomic E-state index is 0.189. The summed E-state index contributed by atoms with van der Waals surface area (Å²) in [6.45, 7) is 3.02. The molecular weight excluding hydrogens is 134 g/mol. The molecule has 0 unspecified atom stereocenters. The largest absolute Gasteiger partial charge is 0.336 e. The molecule has 0 aliphatic heterocycles. The van der Waals surface area contributed by atoms with Gasteiger partial charge in [-0.2, -0.15) is 0 Å². The molecule has 0 spiro atoms. The number of methoxy groups -OCH3 is 2. The van der Waals surface area contributed by atoms with E-state index in [0.717, 1.165) is 0 Å². The van der Waals surface area contributed by atoms with Gasteiger partial charge >= 0.3 is 0 Å². The zero-order valence-electron chi connectivity index (χ0n) is 6.72. The number of nitrogens with one attached hydrogen (secondary N) is 1. The maximum atomic E-state index is 10.5. The number of carbonyl (C=O) groups excluding carboxylic acids is 1. The van der Waals surface area contributed by atoms with Crippen LogP contribution in [0.1, 0.15) is 13.8 Å². The Balaban J connectivity index is 3.92. The van der Waals surface area contributed by atoms with Crippen molar-refractivity contribution < 1.29 is 14.3 Å². The molecule has 1 amide bonds. The zero-order chi connectivity index (χ0) is 8.20. The smallest absolute Gasteiger partial charge is 0.247 e. The first-order valence-corrected chi connectivity index (χ1v) is 2.93. The summed E-state index contributed by atoms with van der Waals surface area (Å²) in [5.41, 5.74) is 0. The Hall–Kier alpha value is -0.610. The van der Waals surface area contributed by atoms with Crippen molar-refractivity contribution >= 4 is 5.91 Å². The van der Waals surface area contributed by atoms with Gasteiger partial charge < -0.3 is 14.8 Å². The average molecular weight is 147 g/mol. The van der Waals surface area contributed by atoms with Crippen molar-refractivity contribution in [3.8, 4) is 0 Å². The third kappa shape index (κ3) is 2.80. The molecule has 10 heavy (non-hydrogen) atoms. The van der Waals surface area contributed by atoms with Crippen LogP contribution >= 0.6 is 0 Å². The monoisotopic (exact) mass is 147 g/mol. The summed E-state index contributed by atoms with van der Waals surface area (Å²) in [6.07, 6.45) is 0. The van der Waals surface area contributed by atoms with E-state index in [0.29, 0.717) is 0 Å². The van der Waals surface area contributed by atoms with Gasteiger partial charge in [-0.3, -0.25) is 4.79 Å². The van der Waals surface area contributed by atoms with Crippen LogP contribution in [-0.4, -0.2) is 26.0 Å². The summed E-state index contributed by atoms with van der Waals surface area (Å²) in [5.74, 6) is -1.18. The van der Waals surface area contributed by atoms with Crippen molar-refractivity contribution in [3.63, 3.8) is 0 Å². The number of hydrogen-bond donors (Lipinski definition) is 1. The molecule has 0 saturated carbocycles. The van der Waals surface area contributed by atoms with E-state index in [2.05, 4.69) is 5.32 Å². The Morgan fingerprint density at radius 1 is 1.40 bits per heavy atom. The third-order valence-electron chi connectivity index (χ3n) is 1.18. The molecule has 0 aromatic heterocycles. The molecule has 0 fully saturated rings. The van der Waals surface area contributed by atoms with Gasteiger partial charge in [-0.25, -0.2) is 0 Å². The van der Waals surface area contributed by atoms with Crippen LogP contribution in [0.2, 0.25) is 0 Å². The fourth-order valence-electron chi connectivity index (χ4n) is 0.505. The number of hydrogen-bond acceptors (Lipinski definition) is 3. The quantitative estimate of drug-likeness (QED) is 0.575. The molecule has 0 saturated heterocycles. The lowest BCUT2D eigenvalue weighted by molar-refractivity contribution is -0.214. The van der Waals surface area contributed by atoms with Crippen LogP contribution in [0.4, 0.5) is 0 Å². The second-order valence-electron chi connectivity index (χ2n) is 2.04. The van der Waals surface area contributed by atoms with E-state index in [9.17, 15) is 4.79 Å². The first-order chi connectivity index (χ1) is 4.54. The highest BCUT2D eigenvalue weighted by atomic mass is 16.7. The molecule has 0 bridgehead atoms. The van der Waals surface area contributed by atoms with E-state index < -0.39 is 5.91 Å². The van der Waals surface area contributed by atoms with Gasteiger partial charge in [0.05, 0.1) is 0 Å². The molecule has 0 atom stereocenters. The Kier molecular flexibility index (Phi) is 3.32. The summed E-state index contributed by atoms with van der Waals surface area (Å²) in [5, 5.41) is 2.47. The van der Waals surface area contributed by atoms with Gasteiger partial charge in [0.15, 0.2) is 0 Å². The minimum atomic E-state index is -0.994.